The van der Waals surface area contributed by atoms with E-state index in [4.69, 9.17) is 5.73 Å². The van der Waals surface area contributed by atoms with Crippen molar-refractivity contribution in [2.24, 2.45) is 0 Å². The SMILES string of the molecule is CCCN(C1CC1)S(=O)(=O)c1c(N)nc2sccn12. The average molecular weight is 300 g/mol. The minimum Gasteiger partial charge on any atom is -0.381 e. The standard InChI is InChI=1S/C11H16N4O2S2/c1-2-5-15(8-3-4-8)19(16,17)10-9(12)13-11-14(10)6-7-18-11/h6-8H,2-5,12H2,1H3. The highest BCUT2D eigenvalue weighted by Gasteiger charge is 2.40. The van der Waals surface area contributed by atoms with Crippen LogP contribution in [0.2, 0.25) is 0 Å². The molecule has 0 amide bonds. The maximum atomic E-state index is 12.8. The summed E-state index contributed by atoms with van der Waals surface area (Å²) in [7, 11) is -3.57. The number of anilines is 1. The van der Waals surface area contributed by atoms with Gasteiger partial charge >= 0.3 is 0 Å². The summed E-state index contributed by atoms with van der Waals surface area (Å²) in [5.41, 5.74) is 5.81. The van der Waals surface area contributed by atoms with Crippen LogP contribution in [-0.2, 0) is 10.0 Å². The van der Waals surface area contributed by atoms with Crippen molar-refractivity contribution in [2.75, 3.05) is 12.3 Å². The quantitative estimate of drug-likeness (QED) is 0.908. The van der Waals surface area contributed by atoms with E-state index >= 15 is 0 Å². The molecule has 2 aromatic rings. The topological polar surface area (TPSA) is 80.7 Å². The fourth-order valence-electron chi connectivity index (χ4n) is 2.23. The molecule has 0 radical (unpaired) electrons. The van der Waals surface area contributed by atoms with Gasteiger partial charge in [0.05, 0.1) is 0 Å². The highest BCUT2D eigenvalue weighted by Crippen LogP contribution is 2.34. The molecule has 0 spiro atoms. The molecule has 6 nitrogen and oxygen atoms in total. The molecule has 2 N–H and O–H groups in total. The number of hydrogen-bond donors (Lipinski definition) is 1. The van der Waals surface area contributed by atoms with Crippen LogP contribution >= 0.6 is 11.3 Å². The van der Waals surface area contributed by atoms with Crippen LogP contribution in [-0.4, -0.2) is 34.7 Å². The van der Waals surface area contributed by atoms with E-state index < -0.39 is 10.0 Å². The second-order valence-electron chi connectivity index (χ2n) is 4.70. The highest BCUT2D eigenvalue weighted by atomic mass is 32.2. The number of hydrogen-bond acceptors (Lipinski definition) is 5. The van der Waals surface area contributed by atoms with Crippen LogP contribution in [0.25, 0.3) is 4.96 Å². The van der Waals surface area contributed by atoms with E-state index in [2.05, 4.69) is 4.98 Å². The summed E-state index contributed by atoms with van der Waals surface area (Å²) in [5, 5.41) is 1.92. The zero-order valence-corrected chi connectivity index (χ0v) is 12.2. The van der Waals surface area contributed by atoms with Crippen LogP contribution in [0.1, 0.15) is 26.2 Å². The Morgan fingerprint density at radius 2 is 2.32 bits per heavy atom. The molecule has 1 aliphatic rings. The van der Waals surface area contributed by atoms with E-state index in [0.717, 1.165) is 19.3 Å². The van der Waals surface area contributed by atoms with Gasteiger partial charge in [0, 0.05) is 24.2 Å². The fraction of sp³-hybridized carbons (Fsp3) is 0.545. The third-order valence-corrected chi connectivity index (χ3v) is 5.94. The second kappa shape index (κ2) is 4.46. The van der Waals surface area contributed by atoms with Crippen molar-refractivity contribution in [3.63, 3.8) is 0 Å². The monoisotopic (exact) mass is 300 g/mol. The Kier molecular flexibility index (Phi) is 3.03. The van der Waals surface area contributed by atoms with E-state index in [1.807, 2.05) is 12.3 Å². The second-order valence-corrected chi connectivity index (χ2v) is 7.38. The lowest BCUT2D eigenvalue weighted by Crippen LogP contribution is -2.34. The molecule has 1 fully saturated rings. The number of nitrogens with two attached hydrogens (primary N) is 1. The van der Waals surface area contributed by atoms with E-state index in [1.165, 1.54) is 11.3 Å². The van der Waals surface area contributed by atoms with Crippen molar-refractivity contribution in [1.82, 2.24) is 13.7 Å². The predicted molar refractivity (Wildman–Crippen MR) is 74.7 cm³/mol. The molecule has 2 heterocycles. The van der Waals surface area contributed by atoms with Crippen LogP contribution in [0.3, 0.4) is 0 Å². The van der Waals surface area contributed by atoms with Crippen LogP contribution in [0.5, 0.6) is 0 Å². The van der Waals surface area contributed by atoms with Gasteiger partial charge in [-0.25, -0.2) is 13.4 Å². The Morgan fingerprint density at radius 3 is 2.95 bits per heavy atom. The molecule has 3 rings (SSSR count). The summed E-state index contributed by atoms with van der Waals surface area (Å²) in [4.78, 5) is 4.73. The molecule has 0 bridgehead atoms. The number of sulfonamides is 1. The van der Waals surface area contributed by atoms with Gasteiger partial charge in [0.1, 0.15) is 0 Å². The molecule has 8 heteroatoms. The van der Waals surface area contributed by atoms with Crippen molar-refractivity contribution < 1.29 is 8.42 Å². The van der Waals surface area contributed by atoms with Gasteiger partial charge in [-0.05, 0) is 19.3 Å². The highest BCUT2D eigenvalue weighted by molar-refractivity contribution is 7.89. The van der Waals surface area contributed by atoms with Gasteiger partial charge in [-0.15, -0.1) is 11.3 Å². The van der Waals surface area contributed by atoms with Gasteiger partial charge in [0.15, 0.2) is 15.8 Å². The molecular formula is C11H16N4O2S2. The third kappa shape index (κ3) is 2.03. The molecule has 1 saturated carbocycles. The number of rotatable bonds is 5. The van der Waals surface area contributed by atoms with Crippen LogP contribution < -0.4 is 5.73 Å². The first-order valence-electron chi connectivity index (χ1n) is 6.28. The minimum atomic E-state index is -3.57. The Hall–Kier alpha value is -1.12. The molecule has 0 aliphatic heterocycles. The predicted octanol–water partition coefficient (Wildman–Crippen LogP) is 1.54. The van der Waals surface area contributed by atoms with E-state index in [-0.39, 0.29) is 16.9 Å². The summed E-state index contributed by atoms with van der Waals surface area (Å²) in [6.45, 7) is 2.51. The Bertz CT molecular complexity index is 699. The summed E-state index contributed by atoms with van der Waals surface area (Å²) >= 11 is 1.38. The van der Waals surface area contributed by atoms with Crippen molar-refractivity contribution in [3.05, 3.63) is 11.6 Å². The molecular weight excluding hydrogens is 284 g/mol. The number of nitrogen functional groups attached to an aromatic ring is 1. The van der Waals surface area contributed by atoms with Gasteiger partial charge in [-0.1, -0.05) is 6.92 Å². The van der Waals surface area contributed by atoms with Crippen molar-refractivity contribution in [3.8, 4) is 0 Å². The number of aromatic nitrogens is 2. The Labute approximate surface area is 115 Å². The van der Waals surface area contributed by atoms with Gasteiger partial charge < -0.3 is 5.73 Å². The minimum absolute atomic E-state index is 0.0913. The molecule has 0 saturated heterocycles. The van der Waals surface area contributed by atoms with Gasteiger partial charge in [-0.2, -0.15) is 4.31 Å². The molecule has 104 valence electrons. The molecule has 0 atom stereocenters. The van der Waals surface area contributed by atoms with Crippen molar-refractivity contribution in [2.45, 2.75) is 37.3 Å². The Balaban J connectivity index is 2.12. The lowest BCUT2D eigenvalue weighted by molar-refractivity contribution is 0.401. The summed E-state index contributed by atoms with van der Waals surface area (Å²) in [5.74, 6) is 0.0913. The molecule has 0 aromatic carbocycles. The maximum absolute atomic E-state index is 12.8. The van der Waals surface area contributed by atoms with Gasteiger partial charge in [-0.3, -0.25) is 4.40 Å². The summed E-state index contributed by atoms with van der Waals surface area (Å²) in [6, 6.07) is 0.133. The Morgan fingerprint density at radius 1 is 1.58 bits per heavy atom. The summed E-state index contributed by atoms with van der Waals surface area (Å²) < 4.78 is 28.7. The first kappa shape index (κ1) is 12.9. The average Bonchev–Trinajstić information content (AvgIpc) is 2.99. The van der Waals surface area contributed by atoms with Crippen molar-refractivity contribution >= 4 is 32.1 Å². The lowest BCUT2D eigenvalue weighted by Gasteiger charge is -2.20. The smallest absolute Gasteiger partial charge is 0.263 e. The van der Waals surface area contributed by atoms with Gasteiger partial charge in [0.2, 0.25) is 0 Å². The van der Waals surface area contributed by atoms with E-state index in [1.54, 1.807) is 14.9 Å². The zero-order valence-electron chi connectivity index (χ0n) is 10.6. The third-order valence-electron chi connectivity index (χ3n) is 3.19. The van der Waals surface area contributed by atoms with Crippen LogP contribution in [0.4, 0.5) is 5.82 Å². The molecule has 2 aromatic heterocycles. The first-order chi connectivity index (χ1) is 9.05. The van der Waals surface area contributed by atoms with Crippen LogP contribution in [0, 0.1) is 0 Å². The van der Waals surface area contributed by atoms with E-state index in [0.29, 0.717) is 11.5 Å². The molecule has 0 unspecified atom stereocenters. The summed E-state index contributed by atoms with van der Waals surface area (Å²) in [6.07, 6.45) is 4.37. The number of thiazole rings is 1. The molecule has 1 aliphatic carbocycles. The number of fused-ring (bicyclic) bond motifs is 1. The van der Waals surface area contributed by atoms with Gasteiger partial charge in [0.25, 0.3) is 10.0 Å². The van der Waals surface area contributed by atoms with Crippen molar-refractivity contribution in [1.29, 1.82) is 0 Å². The maximum Gasteiger partial charge on any atom is 0.263 e. The normalized spacial score (nSPS) is 16.5. The number of nitrogens with zero attached hydrogens (tertiary/aromatic N) is 3. The molecule has 19 heavy (non-hydrogen) atoms. The first-order valence-corrected chi connectivity index (χ1v) is 8.60. The lowest BCUT2D eigenvalue weighted by atomic mass is 10.5. The largest absolute Gasteiger partial charge is 0.381 e. The number of imidazole rings is 1. The van der Waals surface area contributed by atoms with E-state index in [9.17, 15) is 8.42 Å². The van der Waals surface area contributed by atoms with Crippen LogP contribution in [0.15, 0.2) is 16.6 Å². The zero-order chi connectivity index (χ0) is 13.6. The fourth-order valence-corrected chi connectivity index (χ4v) is 4.96.